The molecule has 0 aromatic rings. The van der Waals surface area contributed by atoms with Gasteiger partial charge in [0.1, 0.15) is 13.2 Å². The van der Waals surface area contributed by atoms with Gasteiger partial charge in [-0.15, -0.1) is 0 Å². The Morgan fingerprint density at radius 1 is 0.264 bits per heavy atom. The summed E-state index contributed by atoms with van der Waals surface area (Å²) >= 11 is 0. The van der Waals surface area contributed by atoms with Crippen LogP contribution in [-0.4, -0.2) is 118 Å². The lowest BCUT2D eigenvalue weighted by Gasteiger charge is -2.09. The number of ether oxygens (including phenoxy) is 9. The summed E-state index contributed by atoms with van der Waals surface area (Å²) in [5.41, 5.74) is 0. The molecule has 0 amide bonds. The maximum absolute atomic E-state index is 11.9. The van der Waals surface area contributed by atoms with Crippen molar-refractivity contribution in [2.75, 3.05) is 106 Å². The van der Waals surface area contributed by atoms with E-state index in [0.717, 1.165) is 25.7 Å². The van der Waals surface area contributed by atoms with Crippen LogP contribution < -0.4 is 0 Å². The Morgan fingerprint density at radius 2 is 0.453 bits per heavy atom. The van der Waals surface area contributed by atoms with Crippen molar-refractivity contribution < 1.29 is 52.2 Å². The van der Waals surface area contributed by atoms with Crippen molar-refractivity contribution in [3.05, 3.63) is 0 Å². The summed E-state index contributed by atoms with van der Waals surface area (Å²) in [5, 5.41) is 0. The third-order valence-corrected chi connectivity index (χ3v) is 8.68. The zero-order valence-electron chi connectivity index (χ0n) is 34.4. The largest absolute Gasteiger partial charge is 0.463 e. The molecule has 0 spiro atoms. The van der Waals surface area contributed by atoms with Gasteiger partial charge in [-0.1, -0.05) is 129 Å². The second-order valence-corrected chi connectivity index (χ2v) is 13.6. The van der Waals surface area contributed by atoms with E-state index in [4.69, 9.17) is 42.6 Å². The highest BCUT2D eigenvalue weighted by Gasteiger charge is 2.04. The number of hydrogen-bond acceptors (Lipinski definition) is 11. The zero-order chi connectivity index (χ0) is 38.4. The Bertz CT molecular complexity index is 725. The van der Waals surface area contributed by atoms with E-state index in [9.17, 15) is 9.59 Å². The van der Waals surface area contributed by atoms with Crippen molar-refractivity contribution in [1.82, 2.24) is 0 Å². The number of carbonyl (C=O) groups excluding carboxylic acids is 2. The molecule has 0 fully saturated rings. The number of unbranched alkanes of at least 4 members (excludes halogenated alkanes) is 18. The van der Waals surface area contributed by atoms with Crippen LogP contribution in [0.15, 0.2) is 0 Å². The van der Waals surface area contributed by atoms with E-state index < -0.39 is 0 Å². The Balaban J connectivity index is 3.16. The maximum atomic E-state index is 11.9. The minimum atomic E-state index is -0.147. The number of rotatable bonds is 46. The van der Waals surface area contributed by atoms with Crippen molar-refractivity contribution in [3.63, 3.8) is 0 Å². The zero-order valence-corrected chi connectivity index (χ0v) is 34.4. The summed E-state index contributed by atoms with van der Waals surface area (Å²) < 4.78 is 48.7. The van der Waals surface area contributed by atoms with Crippen LogP contribution in [0.1, 0.15) is 155 Å². The average Bonchev–Trinajstić information content (AvgIpc) is 3.16. The van der Waals surface area contributed by atoms with Gasteiger partial charge in [-0.3, -0.25) is 9.59 Å². The molecule has 11 nitrogen and oxygen atoms in total. The van der Waals surface area contributed by atoms with Crippen molar-refractivity contribution in [2.24, 2.45) is 0 Å². The van der Waals surface area contributed by atoms with Crippen LogP contribution in [0.5, 0.6) is 0 Å². The molecule has 0 aromatic heterocycles. The minimum Gasteiger partial charge on any atom is -0.463 e. The predicted molar refractivity (Wildman–Crippen MR) is 211 cm³/mol. The van der Waals surface area contributed by atoms with Gasteiger partial charge < -0.3 is 42.6 Å². The summed E-state index contributed by atoms with van der Waals surface area (Å²) in [5.74, 6) is -0.278. The van der Waals surface area contributed by atoms with Gasteiger partial charge in [0.2, 0.25) is 0 Å². The first-order valence-corrected chi connectivity index (χ1v) is 21.6. The number of esters is 2. The van der Waals surface area contributed by atoms with E-state index in [0.29, 0.717) is 105 Å². The first kappa shape index (κ1) is 51.7. The predicted octanol–water partition coefficient (Wildman–Crippen LogP) is 8.81. The molecule has 0 bridgehead atoms. The van der Waals surface area contributed by atoms with E-state index >= 15 is 0 Å². The molecule has 11 heteroatoms. The molecule has 316 valence electrons. The van der Waals surface area contributed by atoms with E-state index in [-0.39, 0.29) is 25.2 Å². The van der Waals surface area contributed by atoms with Crippen LogP contribution in [-0.2, 0) is 52.2 Å². The Hall–Kier alpha value is -1.34. The van der Waals surface area contributed by atoms with Gasteiger partial charge in [0.15, 0.2) is 0 Å². The standard InChI is InChI=1S/C42H82O11/c1-3-5-7-9-10-11-12-13-14-15-16-17-18-20-22-24-42(44)53-40-38-51-36-34-49-32-30-47-28-26-45-25-27-46-29-31-48-33-35-50-37-39-52-41(43)23-21-19-8-6-4-2/h3-40H2,1-2H3. The third kappa shape index (κ3) is 46.7. The lowest BCUT2D eigenvalue weighted by Crippen LogP contribution is -2.15. The van der Waals surface area contributed by atoms with Gasteiger partial charge in [0.25, 0.3) is 0 Å². The summed E-state index contributed by atoms with van der Waals surface area (Å²) in [6.07, 6.45) is 26.3. The Labute approximate surface area is 324 Å². The minimum absolute atomic E-state index is 0.131. The molecule has 0 saturated carbocycles. The number of hydrogen-bond donors (Lipinski definition) is 0. The highest BCUT2D eigenvalue weighted by atomic mass is 16.6. The molecule has 0 radical (unpaired) electrons. The Kier molecular flexibility index (Phi) is 45.6. The molecule has 53 heavy (non-hydrogen) atoms. The second-order valence-electron chi connectivity index (χ2n) is 13.6. The molecule has 0 atom stereocenters. The van der Waals surface area contributed by atoms with Gasteiger partial charge in [0, 0.05) is 12.8 Å². The summed E-state index contributed by atoms with van der Waals surface area (Å²) in [4.78, 5) is 23.5. The molecule has 0 unspecified atom stereocenters. The monoisotopic (exact) mass is 763 g/mol. The molecule has 0 aromatic carbocycles. The van der Waals surface area contributed by atoms with Crippen LogP contribution >= 0.6 is 0 Å². The average molecular weight is 763 g/mol. The molecule has 0 aliphatic rings. The quantitative estimate of drug-likeness (QED) is 0.0438. The fraction of sp³-hybridized carbons (Fsp3) is 0.952. The summed E-state index contributed by atoms with van der Waals surface area (Å²) in [6, 6.07) is 0. The molecule has 0 N–H and O–H groups in total. The highest BCUT2D eigenvalue weighted by molar-refractivity contribution is 5.69. The normalized spacial score (nSPS) is 11.4. The van der Waals surface area contributed by atoms with E-state index in [1.165, 1.54) is 103 Å². The SMILES string of the molecule is CCCCCCCCCCCCCCCCCC(=O)OCCOCCOCCOCCOCCOCCOCCOCCOC(=O)CCCCCCC. The van der Waals surface area contributed by atoms with E-state index in [2.05, 4.69) is 13.8 Å². The smallest absolute Gasteiger partial charge is 0.305 e. The van der Waals surface area contributed by atoms with Crippen molar-refractivity contribution >= 4 is 11.9 Å². The van der Waals surface area contributed by atoms with Crippen LogP contribution in [0.3, 0.4) is 0 Å². The lowest BCUT2D eigenvalue weighted by molar-refractivity contribution is -0.146. The van der Waals surface area contributed by atoms with Gasteiger partial charge in [-0.05, 0) is 12.8 Å². The summed E-state index contributed by atoms with van der Waals surface area (Å²) in [6.45, 7) is 11.5. The fourth-order valence-corrected chi connectivity index (χ4v) is 5.51. The molecular weight excluding hydrogens is 680 g/mol. The third-order valence-electron chi connectivity index (χ3n) is 8.68. The van der Waals surface area contributed by atoms with Gasteiger partial charge in [-0.2, -0.15) is 0 Å². The number of carbonyl (C=O) groups is 2. The molecule has 0 aliphatic heterocycles. The van der Waals surface area contributed by atoms with E-state index in [1.807, 2.05) is 0 Å². The van der Waals surface area contributed by atoms with Crippen LogP contribution in [0.25, 0.3) is 0 Å². The highest BCUT2D eigenvalue weighted by Crippen LogP contribution is 2.14. The molecular formula is C42H82O11. The first-order chi connectivity index (χ1) is 26.2. The van der Waals surface area contributed by atoms with Gasteiger partial charge >= 0.3 is 11.9 Å². The van der Waals surface area contributed by atoms with Gasteiger partial charge in [0.05, 0.1) is 92.5 Å². The van der Waals surface area contributed by atoms with Crippen molar-refractivity contribution in [2.45, 2.75) is 155 Å². The van der Waals surface area contributed by atoms with Crippen molar-refractivity contribution in [3.8, 4) is 0 Å². The first-order valence-electron chi connectivity index (χ1n) is 21.6. The van der Waals surface area contributed by atoms with E-state index in [1.54, 1.807) is 0 Å². The molecule has 0 saturated heterocycles. The van der Waals surface area contributed by atoms with Crippen LogP contribution in [0.4, 0.5) is 0 Å². The van der Waals surface area contributed by atoms with Crippen LogP contribution in [0.2, 0.25) is 0 Å². The summed E-state index contributed by atoms with van der Waals surface area (Å²) in [7, 11) is 0. The second kappa shape index (κ2) is 46.8. The molecule has 0 rings (SSSR count). The molecule has 0 aliphatic carbocycles. The van der Waals surface area contributed by atoms with Crippen LogP contribution in [0, 0.1) is 0 Å². The topological polar surface area (TPSA) is 117 Å². The van der Waals surface area contributed by atoms with Gasteiger partial charge in [-0.25, -0.2) is 0 Å². The van der Waals surface area contributed by atoms with Crippen molar-refractivity contribution in [1.29, 1.82) is 0 Å². The molecule has 0 heterocycles. The maximum Gasteiger partial charge on any atom is 0.305 e. The lowest BCUT2D eigenvalue weighted by atomic mass is 10.0. The Morgan fingerprint density at radius 3 is 0.679 bits per heavy atom. The fourth-order valence-electron chi connectivity index (χ4n) is 5.51.